The van der Waals surface area contributed by atoms with Crippen LogP contribution in [0, 0.1) is 0 Å². The fourth-order valence-corrected chi connectivity index (χ4v) is 4.30. The maximum Gasteiger partial charge on any atom is 0.167 e. The summed E-state index contributed by atoms with van der Waals surface area (Å²) >= 11 is 1.44. The average Bonchev–Trinajstić information content (AvgIpc) is 3.13. The van der Waals surface area contributed by atoms with Gasteiger partial charge in [0.25, 0.3) is 0 Å². The second-order valence-corrected chi connectivity index (χ2v) is 8.01. The first-order valence-corrected chi connectivity index (χ1v) is 9.61. The molecule has 0 spiro atoms. The van der Waals surface area contributed by atoms with Crippen molar-refractivity contribution in [3.63, 3.8) is 0 Å². The topological polar surface area (TPSA) is 49.0 Å². The minimum Gasteiger partial charge on any atom is -0.347 e. The van der Waals surface area contributed by atoms with Crippen LogP contribution in [-0.2, 0) is 10.2 Å². The summed E-state index contributed by atoms with van der Waals surface area (Å²) in [6.45, 7) is 4.33. The fraction of sp³-hybridized carbons (Fsp3) is 0.238. The van der Waals surface area contributed by atoms with Crippen LogP contribution in [0.2, 0.25) is 0 Å². The molecule has 0 unspecified atom stereocenters. The van der Waals surface area contributed by atoms with Crippen LogP contribution in [-0.4, -0.2) is 28.6 Å². The van der Waals surface area contributed by atoms with Gasteiger partial charge in [0.1, 0.15) is 0 Å². The Morgan fingerprint density at radius 3 is 2.69 bits per heavy atom. The van der Waals surface area contributed by atoms with E-state index in [1.54, 1.807) is 6.08 Å². The van der Waals surface area contributed by atoms with Crippen molar-refractivity contribution in [2.24, 2.45) is 0 Å². The van der Waals surface area contributed by atoms with Gasteiger partial charge in [-0.1, -0.05) is 55.9 Å². The number of H-pyrrole nitrogens is 1. The SMILES string of the molecule is CN1/C(=C\C(=O)CSc2nc3ccccc3[nH]2)C(C)(C)c2ccccc21. The van der Waals surface area contributed by atoms with E-state index in [0.717, 1.165) is 21.9 Å². The molecule has 5 heteroatoms. The summed E-state index contributed by atoms with van der Waals surface area (Å²) in [7, 11) is 2.03. The Hall–Kier alpha value is -2.53. The minimum atomic E-state index is -0.176. The molecule has 0 radical (unpaired) electrons. The second kappa shape index (κ2) is 6.32. The van der Waals surface area contributed by atoms with Crippen molar-refractivity contribution in [2.75, 3.05) is 17.7 Å². The molecular weight excluding hydrogens is 342 g/mol. The molecule has 2 aromatic carbocycles. The van der Waals surface area contributed by atoms with E-state index < -0.39 is 0 Å². The lowest BCUT2D eigenvalue weighted by atomic mass is 9.83. The summed E-state index contributed by atoms with van der Waals surface area (Å²) in [6, 6.07) is 16.2. The zero-order chi connectivity index (χ0) is 18.3. The van der Waals surface area contributed by atoms with Gasteiger partial charge in [-0.15, -0.1) is 0 Å². The number of benzene rings is 2. The van der Waals surface area contributed by atoms with Gasteiger partial charge in [-0.25, -0.2) is 4.98 Å². The zero-order valence-corrected chi connectivity index (χ0v) is 15.9. The Bertz CT molecular complexity index is 986. The molecule has 1 N–H and O–H groups in total. The van der Waals surface area contributed by atoms with Crippen LogP contribution >= 0.6 is 11.8 Å². The molecule has 1 aliphatic heterocycles. The predicted molar refractivity (Wildman–Crippen MR) is 108 cm³/mol. The number of hydrogen-bond acceptors (Lipinski definition) is 4. The van der Waals surface area contributed by atoms with Crippen molar-refractivity contribution in [1.82, 2.24) is 9.97 Å². The van der Waals surface area contributed by atoms with Gasteiger partial charge in [0.05, 0.1) is 16.8 Å². The number of carbonyl (C=O) groups is 1. The molecule has 0 aliphatic carbocycles. The lowest BCUT2D eigenvalue weighted by Gasteiger charge is -2.23. The van der Waals surface area contributed by atoms with Crippen molar-refractivity contribution in [1.29, 1.82) is 0 Å². The molecule has 4 nitrogen and oxygen atoms in total. The minimum absolute atomic E-state index is 0.0955. The number of ketones is 1. The number of para-hydroxylation sites is 3. The van der Waals surface area contributed by atoms with E-state index in [2.05, 4.69) is 46.9 Å². The van der Waals surface area contributed by atoms with Gasteiger partial charge in [0, 0.05) is 29.9 Å². The molecule has 0 fully saturated rings. The van der Waals surface area contributed by atoms with E-state index in [1.165, 1.54) is 23.0 Å². The normalized spacial score (nSPS) is 17.0. The highest BCUT2D eigenvalue weighted by atomic mass is 32.2. The van der Waals surface area contributed by atoms with Crippen molar-refractivity contribution in [3.8, 4) is 0 Å². The molecule has 0 amide bonds. The van der Waals surface area contributed by atoms with Crippen LogP contribution in [0.15, 0.2) is 65.5 Å². The summed E-state index contributed by atoms with van der Waals surface area (Å²) in [6.07, 6.45) is 1.79. The lowest BCUT2D eigenvalue weighted by Crippen LogP contribution is -2.24. The van der Waals surface area contributed by atoms with Crippen molar-refractivity contribution >= 4 is 34.3 Å². The number of nitrogens with one attached hydrogen (secondary N) is 1. The van der Waals surface area contributed by atoms with E-state index in [1.807, 2.05) is 37.4 Å². The van der Waals surface area contributed by atoms with Crippen LogP contribution in [0.1, 0.15) is 19.4 Å². The summed E-state index contributed by atoms with van der Waals surface area (Å²) < 4.78 is 0. The van der Waals surface area contributed by atoms with E-state index in [-0.39, 0.29) is 11.2 Å². The third-order valence-electron chi connectivity index (χ3n) is 4.96. The smallest absolute Gasteiger partial charge is 0.167 e. The van der Waals surface area contributed by atoms with Crippen LogP contribution < -0.4 is 4.90 Å². The first-order valence-electron chi connectivity index (χ1n) is 8.62. The van der Waals surface area contributed by atoms with Gasteiger partial charge in [0.15, 0.2) is 10.9 Å². The summed E-state index contributed by atoms with van der Waals surface area (Å²) in [5.74, 6) is 0.460. The van der Waals surface area contributed by atoms with Gasteiger partial charge in [-0.3, -0.25) is 4.79 Å². The maximum atomic E-state index is 12.6. The van der Waals surface area contributed by atoms with Crippen LogP contribution in [0.3, 0.4) is 0 Å². The monoisotopic (exact) mass is 363 g/mol. The Balaban J connectivity index is 1.52. The first kappa shape index (κ1) is 16.9. The Morgan fingerprint density at radius 2 is 1.92 bits per heavy atom. The summed E-state index contributed by atoms with van der Waals surface area (Å²) in [4.78, 5) is 22.5. The number of thioether (sulfide) groups is 1. The van der Waals surface area contributed by atoms with E-state index >= 15 is 0 Å². The van der Waals surface area contributed by atoms with E-state index in [9.17, 15) is 4.79 Å². The number of allylic oxidation sites excluding steroid dienone is 2. The number of fused-ring (bicyclic) bond motifs is 2. The molecule has 0 bridgehead atoms. The molecule has 26 heavy (non-hydrogen) atoms. The molecule has 132 valence electrons. The van der Waals surface area contributed by atoms with Crippen LogP contribution in [0.4, 0.5) is 5.69 Å². The molecule has 3 aromatic rings. The zero-order valence-electron chi connectivity index (χ0n) is 15.1. The Kier molecular flexibility index (Phi) is 4.11. The van der Waals surface area contributed by atoms with Gasteiger partial charge < -0.3 is 9.88 Å². The number of aromatic amines is 1. The third-order valence-corrected chi connectivity index (χ3v) is 5.85. The highest BCUT2D eigenvalue weighted by molar-refractivity contribution is 7.99. The molecule has 0 saturated carbocycles. The summed E-state index contributed by atoms with van der Waals surface area (Å²) in [5.41, 5.74) is 5.20. The van der Waals surface area contributed by atoms with Gasteiger partial charge >= 0.3 is 0 Å². The molecular formula is C21H21N3OS. The van der Waals surface area contributed by atoms with Crippen molar-refractivity contribution < 1.29 is 4.79 Å². The highest BCUT2D eigenvalue weighted by Crippen LogP contribution is 2.46. The average molecular weight is 363 g/mol. The number of carbonyl (C=O) groups excluding carboxylic acids is 1. The molecule has 0 atom stereocenters. The second-order valence-electron chi connectivity index (χ2n) is 7.04. The van der Waals surface area contributed by atoms with Crippen molar-refractivity contribution in [3.05, 3.63) is 65.9 Å². The van der Waals surface area contributed by atoms with Gasteiger partial charge in [-0.05, 0) is 23.8 Å². The Morgan fingerprint density at radius 1 is 1.19 bits per heavy atom. The predicted octanol–water partition coefficient (Wildman–Crippen LogP) is 4.54. The molecule has 2 heterocycles. The standard InChI is InChI=1S/C21H21N3OS/c1-21(2)15-8-4-7-11-18(15)24(3)19(21)12-14(25)13-26-20-22-16-9-5-6-10-17(16)23-20/h4-12H,13H2,1-3H3,(H,22,23)/b19-12-. The Labute approximate surface area is 157 Å². The van der Waals surface area contributed by atoms with Crippen LogP contribution in [0.5, 0.6) is 0 Å². The molecule has 4 rings (SSSR count). The quantitative estimate of drug-likeness (QED) is 0.546. The van der Waals surface area contributed by atoms with Crippen molar-refractivity contribution in [2.45, 2.75) is 24.4 Å². The number of anilines is 1. The molecule has 0 saturated heterocycles. The van der Waals surface area contributed by atoms with E-state index in [0.29, 0.717) is 5.75 Å². The lowest BCUT2D eigenvalue weighted by molar-refractivity contribution is -0.112. The van der Waals surface area contributed by atoms with Crippen LogP contribution in [0.25, 0.3) is 11.0 Å². The number of rotatable bonds is 4. The maximum absolute atomic E-state index is 12.6. The largest absolute Gasteiger partial charge is 0.347 e. The number of nitrogens with zero attached hydrogens (tertiary/aromatic N) is 2. The summed E-state index contributed by atoms with van der Waals surface area (Å²) in [5, 5.41) is 0.778. The first-order chi connectivity index (χ1) is 12.5. The van der Waals surface area contributed by atoms with Gasteiger partial charge in [-0.2, -0.15) is 0 Å². The molecule has 1 aliphatic rings. The highest BCUT2D eigenvalue weighted by Gasteiger charge is 2.38. The third kappa shape index (κ3) is 2.82. The fourth-order valence-electron chi connectivity index (χ4n) is 3.59. The number of hydrogen-bond donors (Lipinski definition) is 1. The number of likely N-dealkylation sites (N-methyl/N-ethyl adjacent to an activating group) is 1. The van der Waals surface area contributed by atoms with Gasteiger partial charge in [0.2, 0.25) is 0 Å². The molecule has 1 aromatic heterocycles. The number of imidazole rings is 1. The number of aromatic nitrogens is 2. The van der Waals surface area contributed by atoms with E-state index in [4.69, 9.17) is 0 Å².